The minimum atomic E-state index is -0.200. The van der Waals surface area contributed by atoms with E-state index in [-0.39, 0.29) is 17.6 Å². The molecule has 0 bridgehead atoms. The van der Waals surface area contributed by atoms with Gasteiger partial charge in [-0.25, -0.2) is 14.6 Å². The molecule has 1 aliphatic rings. The van der Waals surface area contributed by atoms with Crippen LogP contribution in [-0.4, -0.2) is 48.8 Å². The van der Waals surface area contributed by atoms with E-state index in [2.05, 4.69) is 25.5 Å². The highest BCUT2D eigenvalue weighted by atomic mass is 16.5. The van der Waals surface area contributed by atoms with Crippen LogP contribution >= 0.6 is 0 Å². The molecule has 2 atom stereocenters. The Morgan fingerprint density at radius 1 is 1.24 bits per heavy atom. The van der Waals surface area contributed by atoms with Crippen molar-refractivity contribution in [1.29, 1.82) is 0 Å². The lowest BCUT2D eigenvalue weighted by atomic mass is 10.1. The maximum atomic E-state index is 12.2. The molecule has 1 saturated heterocycles. The highest BCUT2D eigenvalue weighted by Crippen LogP contribution is 2.25. The Morgan fingerprint density at radius 2 is 2.08 bits per heavy atom. The number of aryl methyl sites for hydroxylation is 3. The van der Waals surface area contributed by atoms with Gasteiger partial charge < -0.3 is 10.1 Å². The second-order valence-electron chi connectivity index (χ2n) is 6.24. The maximum absolute atomic E-state index is 12.2. The average Bonchev–Trinajstić information content (AvgIpc) is 3.17. The summed E-state index contributed by atoms with van der Waals surface area (Å²) >= 11 is 0. The van der Waals surface area contributed by atoms with E-state index in [1.165, 1.54) is 10.7 Å². The first-order valence-electron chi connectivity index (χ1n) is 8.10. The van der Waals surface area contributed by atoms with Crippen LogP contribution < -0.4 is 10.9 Å². The zero-order chi connectivity index (χ0) is 17.6. The summed E-state index contributed by atoms with van der Waals surface area (Å²) in [6.07, 6.45) is 1.74. The molecule has 0 aliphatic carbocycles. The van der Waals surface area contributed by atoms with Crippen molar-refractivity contribution in [2.75, 3.05) is 18.5 Å². The Bertz CT molecular complexity index is 994. The summed E-state index contributed by atoms with van der Waals surface area (Å²) in [5.74, 6) is 1.34. The molecule has 1 aliphatic heterocycles. The fraction of sp³-hybridized carbons (Fsp3) is 0.438. The van der Waals surface area contributed by atoms with Gasteiger partial charge in [0.15, 0.2) is 5.65 Å². The lowest BCUT2D eigenvalue weighted by Crippen LogP contribution is -2.37. The molecule has 1 fully saturated rings. The van der Waals surface area contributed by atoms with Crippen LogP contribution in [0.15, 0.2) is 23.1 Å². The predicted molar refractivity (Wildman–Crippen MR) is 91.5 cm³/mol. The standard InChI is InChI=1S/C16H19N7O2/c1-9-4-5-14(24)23(21-9)13-8-25-7-12(13)20-15-11-6-17-22(3)16(11)19-10(2)18-15/h4-6,12-13H,7-8H2,1-3H3,(H,18,19,20). The van der Waals surface area contributed by atoms with Gasteiger partial charge in [-0.15, -0.1) is 0 Å². The number of hydrogen-bond acceptors (Lipinski definition) is 7. The number of nitrogens with zero attached hydrogens (tertiary/aromatic N) is 6. The van der Waals surface area contributed by atoms with Gasteiger partial charge in [-0.3, -0.25) is 9.48 Å². The maximum Gasteiger partial charge on any atom is 0.267 e. The van der Waals surface area contributed by atoms with Crippen LogP contribution in [0.4, 0.5) is 5.82 Å². The fourth-order valence-corrected chi connectivity index (χ4v) is 3.10. The quantitative estimate of drug-likeness (QED) is 0.744. The first kappa shape index (κ1) is 15.7. The SMILES string of the molecule is Cc1ccc(=O)n(C2COCC2Nc2nc(C)nc3c2cnn3C)n1. The molecule has 3 aromatic heterocycles. The fourth-order valence-electron chi connectivity index (χ4n) is 3.10. The number of anilines is 1. The molecular weight excluding hydrogens is 322 g/mol. The Balaban J connectivity index is 1.71. The molecule has 0 spiro atoms. The molecule has 4 heterocycles. The van der Waals surface area contributed by atoms with Crippen molar-refractivity contribution in [3.05, 3.63) is 40.2 Å². The number of hydrogen-bond donors (Lipinski definition) is 1. The molecule has 1 N–H and O–H groups in total. The number of ether oxygens (including phenoxy) is 1. The Labute approximate surface area is 143 Å². The molecule has 3 aromatic rings. The molecule has 25 heavy (non-hydrogen) atoms. The van der Waals surface area contributed by atoms with Crippen molar-refractivity contribution in [1.82, 2.24) is 29.5 Å². The lowest BCUT2D eigenvalue weighted by Gasteiger charge is -2.21. The summed E-state index contributed by atoms with van der Waals surface area (Å²) in [5, 5.41) is 12.9. The predicted octanol–water partition coefficient (Wildman–Crippen LogP) is 0.589. The number of aromatic nitrogens is 6. The minimum Gasteiger partial charge on any atom is -0.377 e. The molecule has 9 nitrogen and oxygen atoms in total. The summed E-state index contributed by atoms with van der Waals surface area (Å²) < 4.78 is 8.82. The molecule has 0 amide bonds. The third-order valence-corrected chi connectivity index (χ3v) is 4.35. The molecule has 0 radical (unpaired) electrons. The molecule has 4 rings (SSSR count). The van der Waals surface area contributed by atoms with Crippen molar-refractivity contribution < 1.29 is 4.74 Å². The van der Waals surface area contributed by atoms with Crippen LogP contribution in [0.5, 0.6) is 0 Å². The van der Waals surface area contributed by atoms with Crippen LogP contribution in [-0.2, 0) is 11.8 Å². The Morgan fingerprint density at radius 3 is 2.92 bits per heavy atom. The molecule has 130 valence electrons. The normalized spacial score (nSPS) is 20.3. The zero-order valence-corrected chi connectivity index (χ0v) is 14.3. The Hall–Kier alpha value is -2.81. The van der Waals surface area contributed by atoms with Gasteiger partial charge in [0.1, 0.15) is 17.7 Å². The van der Waals surface area contributed by atoms with E-state index in [1.807, 2.05) is 20.9 Å². The molecule has 0 saturated carbocycles. The first-order chi connectivity index (χ1) is 12.0. The molecule has 9 heteroatoms. The topological polar surface area (TPSA) is 99.7 Å². The number of nitrogens with one attached hydrogen (secondary N) is 1. The van der Waals surface area contributed by atoms with Crippen molar-refractivity contribution in [2.24, 2.45) is 7.05 Å². The van der Waals surface area contributed by atoms with Crippen LogP contribution in [0.1, 0.15) is 17.6 Å². The van der Waals surface area contributed by atoms with Gasteiger partial charge in [0.2, 0.25) is 0 Å². The minimum absolute atomic E-state index is 0.121. The summed E-state index contributed by atoms with van der Waals surface area (Å²) in [6.45, 7) is 4.60. The van der Waals surface area contributed by atoms with Gasteiger partial charge in [0.25, 0.3) is 5.56 Å². The van der Waals surface area contributed by atoms with E-state index >= 15 is 0 Å². The van der Waals surface area contributed by atoms with Gasteiger partial charge >= 0.3 is 0 Å². The Kier molecular flexibility index (Phi) is 3.72. The van der Waals surface area contributed by atoms with E-state index in [4.69, 9.17) is 4.74 Å². The molecular formula is C16H19N7O2. The molecule has 0 aromatic carbocycles. The van der Waals surface area contributed by atoms with E-state index < -0.39 is 0 Å². The monoisotopic (exact) mass is 341 g/mol. The summed E-state index contributed by atoms with van der Waals surface area (Å²) in [7, 11) is 1.84. The third kappa shape index (κ3) is 2.76. The zero-order valence-electron chi connectivity index (χ0n) is 14.3. The lowest BCUT2D eigenvalue weighted by molar-refractivity contribution is 0.182. The van der Waals surface area contributed by atoms with Gasteiger partial charge in [0, 0.05) is 13.1 Å². The van der Waals surface area contributed by atoms with Crippen molar-refractivity contribution in [3.63, 3.8) is 0 Å². The van der Waals surface area contributed by atoms with Crippen molar-refractivity contribution in [2.45, 2.75) is 25.9 Å². The van der Waals surface area contributed by atoms with Crippen molar-refractivity contribution in [3.8, 4) is 0 Å². The highest BCUT2D eigenvalue weighted by Gasteiger charge is 2.32. The van der Waals surface area contributed by atoms with Gasteiger partial charge in [-0.2, -0.15) is 10.2 Å². The summed E-state index contributed by atoms with van der Waals surface area (Å²) in [6, 6.07) is 2.93. The van der Waals surface area contributed by atoms with E-state index in [0.29, 0.717) is 24.9 Å². The second kappa shape index (κ2) is 5.92. The summed E-state index contributed by atoms with van der Waals surface area (Å²) in [4.78, 5) is 21.1. The van der Waals surface area contributed by atoms with E-state index in [9.17, 15) is 4.79 Å². The summed E-state index contributed by atoms with van der Waals surface area (Å²) in [5.41, 5.74) is 1.41. The van der Waals surface area contributed by atoms with E-state index in [0.717, 1.165) is 16.7 Å². The van der Waals surface area contributed by atoms with Gasteiger partial charge in [-0.05, 0) is 19.9 Å². The van der Waals surface area contributed by atoms with Crippen LogP contribution in [0.25, 0.3) is 11.0 Å². The van der Waals surface area contributed by atoms with E-state index in [1.54, 1.807) is 16.9 Å². The third-order valence-electron chi connectivity index (χ3n) is 4.35. The average molecular weight is 341 g/mol. The smallest absolute Gasteiger partial charge is 0.267 e. The van der Waals surface area contributed by atoms with Crippen LogP contribution in [0, 0.1) is 13.8 Å². The van der Waals surface area contributed by atoms with Gasteiger partial charge in [-0.1, -0.05) is 0 Å². The van der Waals surface area contributed by atoms with Crippen LogP contribution in [0.3, 0.4) is 0 Å². The second-order valence-corrected chi connectivity index (χ2v) is 6.24. The largest absolute Gasteiger partial charge is 0.377 e. The highest BCUT2D eigenvalue weighted by molar-refractivity contribution is 5.86. The molecule has 2 unspecified atom stereocenters. The first-order valence-corrected chi connectivity index (χ1v) is 8.10. The van der Waals surface area contributed by atoms with Crippen molar-refractivity contribution >= 4 is 16.9 Å². The number of rotatable bonds is 3. The van der Waals surface area contributed by atoms with Gasteiger partial charge in [0.05, 0.1) is 36.5 Å². The number of fused-ring (bicyclic) bond motifs is 1. The van der Waals surface area contributed by atoms with Crippen LogP contribution in [0.2, 0.25) is 0 Å².